The number of carboxylic acid groups (broad SMARTS) is 1. The SMILES string of the molecule is COc1cccc(CS(=O)(=O)N2CCC[C@H]2C(=O)O)c1. The number of benzene rings is 1. The topological polar surface area (TPSA) is 83.9 Å². The van der Waals surface area contributed by atoms with Gasteiger partial charge in [-0.05, 0) is 30.5 Å². The molecule has 0 aromatic heterocycles. The maximum Gasteiger partial charge on any atom is 0.322 e. The minimum Gasteiger partial charge on any atom is -0.497 e. The van der Waals surface area contributed by atoms with E-state index >= 15 is 0 Å². The molecule has 1 aliphatic heterocycles. The molecule has 6 nitrogen and oxygen atoms in total. The van der Waals surface area contributed by atoms with Crippen molar-refractivity contribution >= 4 is 16.0 Å². The van der Waals surface area contributed by atoms with Crippen molar-refractivity contribution < 1.29 is 23.1 Å². The Morgan fingerprint density at radius 3 is 2.90 bits per heavy atom. The maximum absolute atomic E-state index is 12.3. The third-order valence-electron chi connectivity index (χ3n) is 3.33. The van der Waals surface area contributed by atoms with E-state index in [1.165, 1.54) is 7.11 Å². The molecular formula is C13H17NO5S. The predicted molar refractivity (Wildman–Crippen MR) is 73.0 cm³/mol. The second kappa shape index (κ2) is 5.80. The van der Waals surface area contributed by atoms with Crippen molar-refractivity contribution in [2.45, 2.75) is 24.6 Å². The summed E-state index contributed by atoms with van der Waals surface area (Å²) in [6.45, 7) is 0.267. The van der Waals surface area contributed by atoms with E-state index in [-0.39, 0.29) is 12.3 Å². The van der Waals surface area contributed by atoms with Crippen molar-refractivity contribution in [3.05, 3.63) is 29.8 Å². The molecule has 1 atom stereocenters. The van der Waals surface area contributed by atoms with Crippen LogP contribution in [0.5, 0.6) is 5.75 Å². The Kier molecular flexibility index (Phi) is 4.29. The fraction of sp³-hybridized carbons (Fsp3) is 0.462. The molecule has 1 N–H and O–H groups in total. The van der Waals surface area contributed by atoms with Crippen LogP contribution in [0.2, 0.25) is 0 Å². The molecule has 1 fully saturated rings. The van der Waals surface area contributed by atoms with Crippen LogP contribution in [-0.2, 0) is 20.6 Å². The van der Waals surface area contributed by atoms with E-state index in [0.717, 1.165) is 4.31 Å². The maximum atomic E-state index is 12.3. The first kappa shape index (κ1) is 14.8. The van der Waals surface area contributed by atoms with E-state index in [1.54, 1.807) is 24.3 Å². The first-order chi connectivity index (χ1) is 9.44. The van der Waals surface area contributed by atoms with Crippen LogP contribution in [-0.4, -0.2) is 43.5 Å². The quantitative estimate of drug-likeness (QED) is 0.879. The molecule has 7 heteroatoms. The highest BCUT2D eigenvalue weighted by Gasteiger charge is 2.38. The second-order valence-corrected chi connectivity index (χ2v) is 6.64. The Bertz CT molecular complexity index is 599. The normalized spacial score (nSPS) is 19.9. The summed E-state index contributed by atoms with van der Waals surface area (Å²) >= 11 is 0. The Hall–Kier alpha value is -1.60. The average Bonchev–Trinajstić information content (AvgIpc) is 2.88. The van der Waals surface area contributed by atoms with E-state index in [0.29, 0.717) is 24.2 Å². The summed E-state index contributed by atoms with van der Waals surface area (Å²) in [6.07, 6.45) is 0.945. The van der Waals surface area contributed by atoms with E-state index < -0.39 is 22.0 Å². The number of hydrogen-bond acceptors (Lipinski definition) is 4. The Balaban J connectivity index is 2.20. The van der Waals surface area contributed by atoms with E-state index in [2.05, 4.69) is 0 Å². The molecule has 1 heterocycles. The van der Waals surface area contributed by atoms with Gasteiger partial charge in [0, 0.05) is 6.54 Å². The third-order valence-corrected chi connectivity index (χ3v) is 5.18. The molecule has 2 rings (SSSR count). The number of aliphatic carboxylic acids is 1. The summed E-state index contributed by atoms with van der Waals surface area (Å²) in [5.74, 6) is -0.723. The predicted octanol–water partition coefficient (Wildman–Crippen LogP) is 1.07. The average molecular weight is 299 g/mol. The van der Waals surface area contributed by atoms with Gasteiger partial charge in [0.25, 0.3) is 0 Å². The van der Waals surface area contributed by atoms with Gasteiger partial charge in [0.2, 0.25) is 10.0 Å². The highest BCUT2D eigenvalue weighted by atomic mass is 32.2. The molecule has 1 aromatic rings. The van der Waals surface area contributed by atoms with Gasteiger partial charge < -0.3 is 9.84 Å². The summed E-state index contributed by atoms with van der Waals surface area (Å²) in [7, 11) is -2.13. The van der Waals surface area contributed by atoms with Crippen molar-refractivity contribution in [1.29, 1.82) is 0 Å². The summed E-state index contributed by atoms with van der Waals surface area (Å²) < 4.78 is 30.8. The van der Waals surface area contributed by atoms with Gasteiger partial charge in [-0.2, -0.15) is 4.31 Å². The fourth-order valence-electron chi connectivity index (χ4n) is 2.38. The van der Waals surface area contributed by atoms with Gasteiger partial charge in [-0.3, -0.25) is 4.79 Å². The number of nitrogens with zero attached hydrogens (tertiary/aromatic N) is 1. The summed E-state index contributed by atoms with van der Waals surface area (Å²) in [5, 5.41) is 9.07. The zero-order chi connectivity index (χ0) is 14.8. The van der Waals surface area contributed by atoms with Gasteiger partial charge in [-0.15, -0.1) is 0 Å². The van der Waals surface area contributed by atoms with Gasteiger partial charge in [0.1, 0.15) is 11.8 Å². The number of ether oxygens (including phenoxy) is 1. The van der Waals surface area contributed by atoms with Crippen molar-refractivity contribution in [3.63, 3.8) is 0 Å². The Labute approximate surface area is 118 Å². The largest absolute Gasteiger partial charge is 0.497 e. The van der Waals surface area contributed by atoms with Gasteiger partial charge >= 0.3 is 5.97 Å². The summed E-state index contributed by atoms with van der Waals surface area (Å²) in [5.41, 5.74) is 0.584. The first-order valence-corrected chi connectivity index (χ1v) is 7.90. The van der Waals surface area contributed by atoms with Crippen LogP contribution in [0.1, 0.15) is 18.4 Å². The first-order valence-electron chi connectivity index (χ1n) is 6.29. The van der Waals surface area contributed by atoms with Crippen molar-refractivity contribution in [2.24, 2.45) is 0 Å². The molecule has 0 aliphatic carbocycles. The second-order valence-electron chi connectivity index (χ2n) is 4.71. The lowest BCUT2D eigenvalue weighted by Gasteiger charge is -2.21. The van der Waals surface area contributed by atoms with Crippen LogP contribution in [0.4, 0.5) is 0 Å². The van der Waals surface area contributed by atoms with Crippen LogP contribution in [0.3, 0.4) is 0 Å². The Morgan fingerprint density at radius 2 is 2.25 bits per heavy atom. The number of rotatable bonds is 5. The highest BCUT2D eigenvalue weighted by Crippen LogP contribution is 2.24. The lowest BCUT2D eigenvalue weighted by atomic mass is 10.2. The van der Waals surface area contributed by atoms with E-state index in [1.807, 2.05) is 0 Å². The number of methoxy groups -OCH3 is 1. The zero-order valence-electron chi connectivity index (χ0n) is 11.2. The summed E-state index contributed by atoms with van der Waals surface area (Å²) in [4.78, 5) is 11.1. The highest BCUT2D eigenvalue weighted by molar-refractivity contribution is 7.88. The molecular weight excluding hydrogens is 282 g/mol. The third kappa shape index (κ3) is 3.10. The van der Waals surface area contributed by atoms with Gasteiger partial charge in [-0.1, -0.05) is 12.1 Å². The molecule has 0 saturated carbocycles. The molecule has 0 amide bonds. The molecule has 0 unspecified atom stereocenters. The van der Waals surface area contributed by atoms with Gasteiger partial charge in [0.05, 0.1) is 12.9 Å². The van der Waals surface area contributed by atoms with Crippen LogP contribution in [0, 0.1) is 0 Å². The molecule has 110 valence electrons. The number of hydrogen-bond donors (Lipinski definition) is 1. The zero-order valence-corrected chi connectivity index (χ0v) is 12.0. The van der Waals surface area contributed by atoms with Crippen molar-refractivity contribution in [1.82, 2.24) is 4.31 Å². The molecule has 1 saturated heterocycles. The van der Waals surface area contributed by atoms with Crippen LogP contribution >= 0.6 is 0 Å². The molecule has 0 bridgehead atoms. The van der Waals surface area contributed by atoms with Crippen LogP contribution < -0.4 is 4.74 Å². The van der Waals surface area contributed by atoms with Crippen molar-refractivity contribution in [3.8, 4) is 5.75 Å². The molecule has 1 aliphatic rings. The van der Waals surface area contributed by atoms with Gasteiger partial charge in [-0.25, -0.2) is 8.42 Å². The van der Waals surface area contributed by atoms with E-state index in [9.17, 15) is 13.2 Å². The Morgan fingerprint density at radius 1 is 1.50 bits per heavy atom. The lowest BCUT2D eigenvalue weighted by molar-refractivity contribution is -0.140. The monoisotopic (exact) mass is 299 g/mol. The van der Waals surface area contributed by atoms with Gasteiger partial charge in [0.15, 0.2) is 0 Å². The standard InChI is InChI=1S/C13H17NO5S/c1-19-11-5-2-4-10(8-11)9-20(17,18)14-7-3-6-12(14)13(15)16/h2,4-5,8,12H,3,6-7,9H2,1H3,(H,15,16)/t12-/m0/s1. The number of carbonyl (C=O) groups is 1. The van der Waals surface area contributed by atoms with E-state index in [4.69, 9.17) is 9.84 Å². The molecule has 0 spiro atoms. The van der Waals surface area contributed by atoms with Crippen LogP contribution in [0.25, 0.3) is 0 Å². The lowest BCUT2D eigenvalue weighted by Crippen LogP contribution is -2.40. The molecule has 20 heavy (non-hydrogen) atoms. The molecule has 1 aromatic carbocycles. The minimum atomic E-state index is -3.64. The van der Waals surface area contributed by atoms with Crippen molar-refractivity contribution in [2.75, 3.05) is 13.7 Å². The van der Waals surface area contributed by atoms with Crippen LogP contribution in [0.15, 0.2) is 24.3 Å². The fourth-order valence-corrected chi connectivity index (χ4v) is 4.13. The summed E-state index contributed by atoms with van der Waals surface area (Å²) in [6, 6.07) is 5.83. The number of carboxylic acids is 1. The number of sulfonamides is 1. The smallest absolute Gasteiger partial charge is 0.322 e. The minimum absolute atomic E-state index is 0.214. The molecule has 0 radical (unpaired) electrons.